The summed E-state index contributed by atoms with van der Waals surface area (Å²) in [6.07, 6.45) is 0.873. The van der Waals surface area contributed by atoms with Gasteiger partial charge in [0.15, 0.2) is 0 Å². The third-order valence-electron chi connectivity index (χ3n) is 2.17. The lowest BCUT2D eigenvalue weighted by Crippen LogP contribution is -2.24. The molecule has 0 aliphatic rings. The lowest BCUT2D eigenvalue weighted by Gasteiger charge is -2.21. The second-order valence-electron chi connectivity index (χ2n) is 4.94. The van der Waals surface area contributed by atoms with Crippen LogP contribution < -0.4 is 0 Å². The van der Waals surface area contributed by atoms with Gasteiger partial charge in [-0.3, -0.25) is 0 Å². The smallest absolute Gasteiger partial charge is 0.246 e. The Labute approximate surface area is 108 Å². The molecule has 0 bridgehead atoms. The van der Waals surface area contributed by atoms with Crippen LogP contribution in [0.15, 0.2) is 30.8 Å². The van der Waals surface area contributed by atoms with Gasteiger partial charge in [0.05, 0.1) is 0 Å². The maximum atomic E-state index is 5.89. The van der Waals surface area contributed by atoms with Crippen LogP contribution in [-0.2, 0) is 15.3 Å². The van der Waals surface area contributed by atoms with Crippen LogP contribution in [0.25, 0.3) is 5.76 Å². The highest BCUT2D eigenvalue weighted by Gasteiger charge is 2.17. The average molecular weight is 263 g/mol. The molecule has 0 N–H and O–H groups in total. The third-order valence-corrected chi connectivity index (χ3v) is 3.23. The van der Waals surface area contributed by atoms with Gasteiger partial charge in [-0.25, -0.2) is 0 Å². The molecule has 4 heteroatoms. The minimum absolute atomic E-state index is 0.654. The number of rotatable bonds is 6. The van der Waals surface area contributed by atoms with Crippen LogP contribution in [0, 0.1) is 0 Å². The summed E-state index contributed by atoms with van der Waals surface area (Å²) < 4.78 is 10.8. The SMILES string of the molecule is C=C(O[Si](C)(C)C)c1cccc(CCO[Si])c1. The number of hydrogen-bond donors (Lipinski definition) is 0. The zero-order chi connectivity index (χ0) is 12.9. The van der Waals surface area contributed by atoms with Gasteiger partial charge >= 0.3 is 0 Å². The molecule has 0 aliphatic carbocycles. The maximum Gasteiger partial charge on any atom is 0.246 e. The monoisotopic (exact) mass is 263 g/mol. The maximum absolute atomic E-state index is 5.89. The predicted molar refractivity (Wildman–Crippen MR) is 75.3 cm³/mol. The van der Waals surface area contributed by atoms with Gasteiger partial charge in [-0.15, -0.1) is 0 Å². The quantitative estimate of drug-likeness (QED) is 0.580. The fraction of sp³-hybridized carbons (Fsp3) is 0.385. The van der Waals surface area contributed by atoms with Crippen molar-refractivity contribution in [3.8, 4) is 0 Å². The molecule has 1 aromatic carbocycles. The van der Waals surface area contributed by atoms with Crippen LogP contribution in [0.5, 0.6) is 0 Å². The van der Waals surface area contributed by atoms with Crippen molar-refractivity contribution < 1.29 is 8.85 Å². The van der Waals surface area contributed by atoms with Crippen molar-refractivity contribution in [3.05, 3.63) is 42.0 Å². The molecule has 17 heavy (non-hydrogen) atoms. The minimum Gasteiger partial charge on any atom is -0.544 e. The molecule has 1 aromatic rings. The topological polar surface area (TPSA) is 18.5 Å². The van der Waals surface area contributed by atoms with E-state index in [2.05, 4.69) is 48.8 Å². The van der Waals surface area contributed by atoms with Gasteiger partial charge in [0.2, 0.25) is 18.8 Å². The van der Waals surface area contributed by atoms with Crippen molar-refractivity contribution in [3.63, 3.8) is 0 Å². The Morgan fingerprint density at radius 3 is 2.65 bits per heavy atom. The summed E-state index contributed by atoms with van der Waals surface area (Å²) in [7, 11) is 1.43. The van der Waals surface area contributed by atoms with E-state index in [-0.39, 0.29) is 0 Å². The Bertz CT molecular complexity index is 383. The summed E-state index contributed by atoms with van der Waals surface area (Å²) in [5.74, 6) is 0.769. The second-order valence-corrected chi connectivity index (χ2v) is 9.65. The van der Waals surface area contributed by atoms with Gasteiger partial charge < -0.3 is 8.85 Å². The standard InChI is InChI=1S/C13H19O2Si2/c1-11(15-17(2,3)4)13-7-5-6-12(10-13)8-9-14-16/h5-7,10H,1,8-9H2,2-4H3. The molecule has 0 saturated heterocycles. The molecule has 0 spiro atoms. The van der Waals surface area contributed by atoms with Gasteiger partial charge in [-0.1, -0.05) is 24.8 Å². The molecule has 91 valence electrons. The van der Waals surface area contributed by atoms with Crippen LogP contribution in [0.4, 0.5) is 0 Å². The molecule has 0 unspecified atom stereocenters. The van der Waals surface area contributed by atoms with Crippen LogP contribution >= 0.6 is 0 Å². The van der Waals surface area contributed by atoms with Crippen molar-refractivity contribution in [2.24, 2.45) is 0 Å². The average Bonchev–Trinajstić information content (AvgIpc) is 2.24. The Morgan fingerprint density at radius 2 is 2.06 bits per heavy atom. The highest BCUT2D eigenvalue weighted by Crippen LogP contribution is 2.20. The van der Waals surface area contributed by atoms with E-state index >= 15 is 0 Å². The summed E-state index contributed by atoms with van der Waals surface area (Å²) in [5.41, 5.74) is 2.28. The van der Waals surface area contributed by atoms with E-state index < -0.39 is 8.32 Å². The first kappa shape index (κ1) is 14.2. The highest BCUT2D eigenvalue weighted by molar-refractivity contribution is 6.70. The summed E-state index contributed by atoms with van der Waals surface area (Å²) in [6.45, 7) is 11.1. The van der Waals surface area contributed by atoms with E-state index in [1.54, 1.807) is 0 Å². The van der Waals surface area contributed by atoms with Crippen LogP contribution in [-0.4, -0.2) is 25.4 Å². The van der Waals surface area contributed by atoms with E-state index in [4.69, 9.17) is 8.85 Å². The molecule has 0 fully saturated rings. The summed E-state index contributed by atoms with van der Waals surface area (Å²) in [6, 6.07) is 8.24. The summed E-state index contributed by atoms with van der Waals surface area (Å²) in [4.78, 5) is 0. The molecular formula is C13H19O2Si2. The lowest BCUT2D eigenvalue weighted by molar-refractivity contribution is 0.354. The molecule has 0 saturated carbocycles. The first-order valence-corrected chi connectivity index (χ1v) is 9.50. The molecule has 0 atom stereocenters. The minimum atomic E-state index is -1.58. The Balaban J connectivity index is 2.74. The Morgan fingerprint density at radius 1 is 1.35 bits per heavy atom. The van der Waals surface area contributed by atoms with Crippen molar-refractivity contribution in [2.75, 3.05) is 6.61 Å². The van der Waals surface area contributed by atoms with Gasteiger partial charge in [0, 0.05) is 12.2 Å². The van der Waals surface area contributed by atoms with Crippen molar-refractivity contribution in [1.29, 1.82) is 0 Å². The molecule has 1 rings (SSSR count). The fourth-order valence-electron chi connectivity index (χ4n) is 1.50. The van der Waals surface area contributed by atoms with E-state index in [0.29, 0.717) is 6.61 Å². The number of benzene rings is 1. The summed E-state index contributed by atoms with van der Waals surface area (Å²) in [5, 5.41) is 0. The van der Waals surface area contributed by atoms with Crippen LogP contribution in [0.1, 0.15) is 11.1 Å². The first-order valence-electron chi connectivity index (χ1n) is 5.68. The van der Waals surface area contributed by atoms with Gasteiger partial charge in [0.1, 0.15) is 5.76 Å². The zero-order valence-electron chi connectivity index (χ0n) is 10.7. The molecule has 0 heterocycles. The van der Waals surface area contributed by atoms with E-state index in [0.717, 1.165) is 17.7 Å². The first-order chi connectivity index (χ1) is 7.92. The zero-order valence-corrected chi connectivity index (χ0v) is 12.7. The van der Waals surface area contributed by atoms with Crippen molar-refractivity contribution >= 4 is 24.6 Å². The van der Waals surface area contributed by atoms with Gasteiger partial charge in [-0.05, 0) is 37.7 Å². The lowest BCUT2D eigenvalue weighted by atomic mass is 10.1. The molecule has 0 aromatic heterocycles. The largest absolute Gasteiger partial charge is 0.544 e. The second kappa shape index (κ2) is 6.19. The van der Waals surface area contributed by atoms with E-state index in [1.807, 2.05) is 12.1 Å². The van der Waals surface area contributed by atoms with Crippen molar-refractivity contribution in [2.45, 2.75) is 26.1 Å². The summed E-state index contributed by atoms with van der Waals surface area (Å²) >= 11 is 0. The van der Waals surface area contributed by atoms with E-state index in [1.165, 1.54) is 5.56 Å². The Hall–Kier alpha value is -0.846. The highest BCUT2D eigenvalue weighted by atomic mass is 28.4. The Kier molecular flexibility index (Phi) is 5.17. The van der Waals surface area contributed by atoms with Crippen molar-refractivity contribution in [1.82, 2.24) is 0 Å². The van der Waals surface area contributed by atoms with Gasteiger partial charge in [0.25, 0.3) is 0 Å². The normalized spacial score (nSPS) is 11.3. The molecule has 0 aliphatic heterocycles. The molecule has 3 radical (unpaired) electrons. The van der Waals surface area contributed by atoms with Crippen LogP contribution in [0.3, 0.4) is 0 Å². The molecule has 0 amide bonds. The van der Waals surface area contributed by atoms with E-state index in [9.17, 15) is 0 Å². The fourth-order valence-corrected chi connectivity index (χ4v) is 2.46. The molecule has 2 nitrogen and oxygen atoms in total. The third kappa shape index (κ3) is 5.34. The van der Waals surface area contributed by atoms with Gasteiger partial charge in [-0.2, -0.15) is 0 Å². The molecular weight excluding hydrogens is 244 g/mol. The van der Waals surface area contributed by atoms with Crippen LogP contribution in [0.2, 0.25) is 19.6 Å². The predicted octanol–water partition coefficient (Wildman–Crippen LogP) is 3.15. The number of hydrogen-bond acceptors (Lipinski definition) is 2.